The number of rotatable bonds is 51. The highest BCUT2D eigenvalue weighted by Crippen LogP contribution is 2.43. The van der Waals surface area contributed by atoms with Crippen LogP contribution >= 0.6 is 7.82 Å². The van der Waals surface area contributed by atoms with E-state index in [0.29, 0.717) is 17.4 Å². The first kappa shape index (κ1) is 67.4. The summed E-state index contributed by atoms with van der Waals surface area (Å²) in [5, 5.41) is 13.9. The van der Waals surface area contributed by atoms with Crippen LogP contribution in [-0.4, -0.2) is 73.4 Å². The van der Waals surface area contributed by atoms with Crippen LogP contribution in [0.5, 0.6) is 0 Å². The first-order valence-corrected chi connectivity index (χ1v) is 30.1. The molecule has 0 aromatic heterocycles. The summed E-state index contributed by atoms with van der Waals surface area (Å²) in [6.07, 6.45) is 73.7. The van der Waals surface area contributed by atoms with Crippen LogP contribution in [0.2, 0.25) is 0 Å². The summed E-state index contributed by atoms with van der Waals surface area (Å²) in [5.41, 5.74) is 0. The molecule has 0 spiro atoms. The zero-order valence-electron chi connectivity index (χ0n) is 46.0. The van der Waals surface area contributed by atoms with E-state index < -0.39 is 20.0 Å². The van der Waals surface area contributed by atoms with Crippen LogP contribution < -0.4 is 5.32 Å². The fraction of sp³-hybridized carbons (Fsp3) is 0.721. The molecule has 3 unspecified atom stereocenters. The Morgan fingerprint density at radius 2 is 0.857 bits per heavy atom. The predicted molar refractivity (Wildman–Crippen MR) is 304 cm³/mol. The summed E-state index contributed by atoms with van der Waals surface area (Å²) >= 11 is 0. The van der Waals surface area contributed by atoms with Gasteiger partial charge in [0.2, 0.25) is 5.91 Å². The van der Waals surface area contributed by atoms with Crippen molar-refractivity contribution >= 4 is 13.7 Å². The molecular weight excluding hydrogens is 888 g/mol. The van der Waals surface area contributed by atoms with E-state index in [0.717, 1.165) is 70.6 Å². The lowest BCUT2D eigenvalue weighted by molar-refractivity contribution is -0.870. The Bertz CT molecular complexity index is 1460. The Morgan fingerprint density at radius 3 is 1.24 bits per heavy atom. The second-order valence-corrected chi connectivity index (χ2v) is 21.7. The van der Waals surface area contributed by atoms with Crippen molar-refractivity contribution in [2.24, 2.45) is 0 Å². The molecule has 0 radical (unpaired) electrons. The van der Waals surface area contributed by atoms with Crippen molar-refractivity contribution in [3.63, 3.8) is 0 Å². The van der Waals surface area contributed by atoms with E-state index in [1.54, 1.807) is 6.08 Å². The predicted octanol–water partition coefficient (Wildman–Crippen LogP) is 17.4. The topological polar surface area (TPSA) is 105 Å². The maximum absolute atomic E-state index is 13.0. The monoisotopic (exact) mass is 998 g/mol. The number of likely N-dealkylation sites (N-methyl/N-ethyl adjacent to an activating group) is 1. The van der Waals surface area contributed by atoms with Crippen LogP contribution in [-0.2, 0) is 18.4 Å². The van der Waals surface area contributed by atoms with Crippen LogP contribution in [0.1, 0.15) is 232 Å². The van der Waals surface area contributed by atoms with Gasteiger partial charge < -0.3 is 19.8 Å². The SMILES string of the molecule is CC/C=C\C/C=C\C/C=C\C/C=C\C/C=C\C/C=C\C/C=C\CCCC(=O)NC(COP(=O)(O)OCC[N+](C)(C)C)C(O)/C=C/CCCCCCCCCCCCCCCCCCCCCCCCC. The smallest absolute Gasteiger partial charge is 0.387 e. The van der Waals surface area contributed by atoms with Gasteiger partial charge >= 0.3 is 7.82 Å². The number of hydrogen-bond donors (Lipinski definition) is 3. The quantitative estimate of drug-likeness (QED) is 0.0243. The van der Waals surface area contributed by atoms with E-state index in [1.165, 1.54) is 135 Å². The number of carbonyl (C=O) groups excluding carboxylic acids is 1. The molecule has 9 heteroatoms. The third-order valence-corrected chi connectivity index (χ3v) is 13.3. The standard InChI is InChI=1S/C61H109N2O6P/c1-6-8-10-12-14-16-18-20-22-24-26-28-30-31-33-34-36-38-40-42-44-46-48-50-52-54-60(64)59(58-69-70(66,67)68-57-56-63(3,4)5)62-61(65)55-53-51-49-47-45-43-41-39-37-35-32-29-27-25-23-21-19-17-15-13-11-9-7-2/h9,11,15,17,21,23,27,29,35,37,41,43,47,49,52,54,59-60,64H,6-8,10,12-14,16,18-20,22,24-26,28,30-34,36,38-40,42,44-46,48,50-51,53,55-58H2,1-5H3,(H-,62,65,66,67)/p+1/b11-9-,17-15-,23-21-,29-27-,37-35-,43-41-,49-47-,54-52+. The minimum absolute atomic E-state index is 0.0456. The van der Waals surface area contributed by atoms with Crippen molar-refractivity contribution < 1.29 is 32.9 Å². The van der Waals surface area contributed by atoms with Crippen LogP contribution in [0.4, 0.5) is 0 Å². The van der Waals surface area contributed by atoms with Gasteiger partial charge in [-0.3, -0.25) is 13.8 Å². The number of hydrogen-bond acceptors (Lipinski definition) is 5. The van der Waals surface area contributed by atoms with Gasteiger partial charge in [0.15, 0.2) is 0 Å². The number of nitrogens with one attached hydrogen (secondary N) is 1. The molecule has 1 amide bonds. The third-order valence-electron chi connectivity index (χ3n) is 12.3. The summed E-state index contributed by atoms with van der Waals surface area (Å²) in [5.74, 6) is -0.236. The molecule has 404 valence electrons. The summed E-state index contributed by atoms with van der Waals surface area (Å²) < 4.78 is 23.7. The number of phosphoric ester groups is 1. The molecule has 0 aromatic rings. The summed E-state index contributed by atoms with van der Waals surface area (Å²) in [6, 6.07) is -0.885. The molecule has 0 aliphatic carbocycles. The van der Waals surface area contributed by atoms with Gasteiger partial charge in [-0.25, -0.2) is 4.57 Å². The van der Waals surface area contributed by atoms with Gasteiger partial charge in [0.25, 0.3) is 0 Å². The number of aliphatic hydroxyl groups excluding tert-OH is 1. The lowest BCUT2D eigenvalue weighted by atomic mass is 10.0. The summed E-state index contributed by atoms with van der Waals surface area (Å²) in [4.78, 5) is 23.3. The number of phosphoric acid groups is 1. The van der Waals surface area contributed by atoms with Crippen molar-refractivity contribution in [2.75, 3.05) is 40.9 Å². The molecule has 0 bridgehead atoms. The maximum Gasteiger partial charge on any atom is 0.472 e. The van der Waals surface area contributed by atoms with Crippen molar-refractivity contribution in [1.29, 1.82) is 0 Å². The molecule has 0 aliphatic heterocycles. The fourth-order valence-corrected chi connectivity index (χ4v) is 8.59. The fourth-order valence-electron chi connectivity index (χ4n) is 7.85. The lowest BCUT2D eigenvalue weighted by Crippen LogP contribution is -2.45. The molecule has 0 heterocycles. The summed E-state index contributed by atoms with van der Waals surface area (Å²) in [7, 11) is 1.52. The van der Waals surface area contributed by atoms with Gasteiger partial charge in [-0.2, -0.15) is 0 Å². The average Bonchev–Trinajstić information content (AvgIpc) is 3.32. The number of carbonyl (C=O) groups is 1. The van der Waals surface area contributed by atoms with Gasteiger partial charge in [0, 0.05) is 6.42 Å². The molecule has 3 atom stereocenters. The van der Waals surface area contributed by atoms with Gasteiger partial charge in [0.05, 0.1) is 39.9 Å². The normalized spacial score (nSPS) is 14.7. The van der Waals surface area contributed by atoms with E-state index in [9.17, 15) is 19.4 Å². The van der Waals surface area contributed by atoms with Gasteiger partial charge in [0.1, 0.15) is 13.2 Å². The second kappa shape index (κ2) is 51.3. The number of allylic oxidation sites excluding steroid dienone is 15. The third kappa shape index (κ3) is 53.2. The Labute approximate surface area is 432 Å². The highest BCUT2D eigenvalue weighted by molar-refractivity contribution is 7.47. The number of aliphatic hydroxyl groups is 1. The zero-order chi connectivity index (χ0) is 51.3. The van der Waals surface area contributed by atoms with Crippen molar-refractivity contribution in [3.05, 3.63) is 97.2 Å². The van der Waals surface area contributed by atoms with E-state index in [1.807, 2.05) is 27.2 Å². The average molecular weight is 999 g/mol. The number of quaternary nitrogens is 1. The molecule has 0 saturated heterocycles. The van der Waals surface area contributed by atoms with Crippen LogP contribution in [0.3, 0.4) is 0 Å². The molecular formula is C61H110N2O6P+. The Morgan fingerprint density at radius 1 is 0.500 bits per heavy atom. The number of amides is 1. The Kier molecular flexibility index (Phi) is 49.4. The molecule has 8 nitrogen and oxygen atoms in total. The van der Waals surface area contributed by atoms with Crippen molar-refractivity contribution in [3.8, 4) is 0 Å². The highest BCUT2D eigenvalue weighted by atomic mass is 31.2. The Balaban J connectivity index is 4.35. The van der Waals surface area contributed by atoms with E-state index in [-0.39, 0.29) is 25.5 Å². The largest absolute Gasteiger partial charge is 0.472 e. The first-order chi connectivity index (χ1) is 34.0. The minimum atomic E-state index is -4.37. The van der Waals surface area contributed by atoms with Crippen LogP contribution in [0.15, 0.2) is 97.2 Å². The van der Waals surface area contributed by atoms with Crippen molar-refractivity contribution in [2.45, 2.75) is 244 Å². The number of nitrogens with zero attached hydrogens (tertiary/aromatic N) is 1. The zero-order valence-corrected chi connectivity index (χ0v) is 46.9. The molecule has 0 saturated carbocycles. The van der Waals surface area contributed by atoms with Gasteiger partial charge in [-0.15, -0.1) is 0 Å². The maximum atomic E-state index is 13.0. The first-order valence-electron chi connectivity index (χ1n) is 28.6. The van der Waals surface area contributed by atoms with E-state index >= 15 is 0 Å². The second-order valence-electron chi connectivity index (χ2n) is 20.3. The molecule has 0 fully saturated rings. The number of unbranched alkanes of at least 4 members (excludes halogenated alkanes) is 24. The Hall–Kier alpha value is -2.58. The molecule has 0 aromatic carbocycles. The molecule has 3 N–H and O–H groups in total. The van der Waals surface area contributed by atoms with Crippen LogP contribution in [0, 0.1) is 0 Å². The van der Waals surface area contributed by atoms with E-state index in [2.05, 4.69) is 104 Å². The molecule has 70 heavy (non-hydrogen) atoms. The lowest BCUT2D eigenvalue weighted by Gasteiger charge is -2.25. The highest BCUT2D eigenvalue weighted by Gasteiger charge is 2.27. The van der Waals surface area contributed by atoms with Crippen molar-refractivity contribution in [1.82, 2.24) is 5.32 Å². The summed E-state index contributed by atoms with van der Waals surface area (Å²) in [6.45, 7) is 4.66. The van der Waals surface area contributed by atoms with Gasteiger partial charge in [-0.1, -0.05) is 252 Å². The molecule has 0 aliphatic rings. The van der Waals surface area contributed by atoms with E-state index in [4.69, 9.17) is 9.05 Å². The van der Waals surface area contributed by atoms with Crippen LogP contribution in [0.25, 0.3) is 0 Å². The molecule has 0 rings (SSSR count). The minimum Gasteiger partial charge on any atom is -0.387 e. The van der Waals surface area contributed by atoms with Gasteiger partial charge in [-0.05, 0) is 70.6 Å².